The van der Waals surface area contributed by atoms with Crippen molar-refractivity contribution < 1.29 is 9.63 Å². The van der Waals surface area contributed by atoms with Gasteiger partial charge < -0.3 is 4.84 Å². The van der Waals surface area contributed by atoms with Gasteiger partial charge in [0.15, 0.2) is 0 Å². The molecule has 0 aliphatic rings. The molecule has 0 bridgehead atoms. The number of aryl methyl sites for hydroxylation is 1. The van der Waals surface area contributed by atoms with Crippen LogP contribution in [-0.2, 0) is 11.3 Å². The molecular formula is C12H17NO2. The van der Waals surface area contributed by atoms with Crippen molar-refractivity contribution in [3.05, 3.63) is 35.4 Å². The van der Waals surface area contributed by atoms with Gasteiger partial charge >= 0.3 is 5.97 Å². The summed E-state index contributed by atoms with van der Waals surface area (Å²) < 4.78 is 0. The van der Waals surface area contributed by atoms with Crippen LogP contribution in [0, 0.1) is 0 Å². The lowest BCUT2D eigenvalue weighted by Crippen LogP contribution is -2.10. The van der Waals surface area contributed by atoms with E-state index in [0.717, 1.165) is 18.4 Å². The maximum atomic E-state index is 11.1. The molecule has 2 N–H and O–H groups in total. The van der Waals surface area contributed by atoms with Crippen molar-refractivity contribution >= 4 is 5.97 Å². The Morgan fingerprint density at radius 2 is 2.20 bits per heavy atom. The highest BCUT2D eigenvalue weighted by molar-refractivity contribution is 5.89. The summed E-state index contributed by atoms with van der Waals surface area (Å²) in [7, 11) is 0. The van der Waals surface area contributed by atoms with Crippen molar-refractivity contribution in [2.24, 2.45) is 5.90 Å². The van der Waals surface area contributed by atoms with Gasteiger partial charge in [0.05, 0.1) is 5.56 Å². The van der Waals surface area contributed by atoms with Crippen molar-refractivity contribution in [1.82, 2.24) is 0 Å². The monoisotopic (exact) mass is 207 g/mol. The summed E-state index contributed by atoms with van der Waals surface area (Å²) in [4.78, 5) is 15.3. The molecule has 0 saturated heterocycles. The van der Waals surface area contributed by atoms with Gasteiger partial charge in [-0.1, -0.05) is 31.9 Å². The highest BCUT2D eigenvalue weighted by atomic mass is 16.7. The number of rotatable bonds is 5. The molecule has 1 aromatic carbocycles. The Morgan fingerprint density at radius 3 is 2.87 bits per heavy atom. The highest BCUT2D eigenvalue weighted by Gasteiger charge is 2.05. The van der Waals surface area contributed by atoms with Gasteiger partial charge in [-0.2, -0.15) is 5.90 Å². The predicted octanol–water partition coefficient (Wildman–Crippen LogP) is 2.45. The van der Waals surface area contributed by atoms with Crippen LogP contribution >= 0.6 is 0 Å². The number of hydrogen-bond acceptors (Lipinski definition) is 3. The maximum Gasteiger partial charge on any atom is 0.356 e. The van der Waals surface area contributed by atoms with Crippen LogP contribution in [0.3, 0.4) is 0 Å². The summed E-state index contributed by atoms with van der Waals surface area (Å²) in [6.45, 7) is 2.17. The lowest BCUT2D eigenvalue weighted by Gasteiger charge is -2.03. The normalized spacial score (nSPS) is 10.0. The largest absolute Gasteiger partial charge is 0.370 e. The summed E-state index contributed by atoms with van der Waals surface area (Å²) in [5.41, 5.74) is 1.68. The minimum Gasteiger partial charge on any atom is -0.370 e. The lowest BCUT2D eigenvalue weighted by molar-refractivity contribution is 0.0503. The fraction of sp³-hybridized carbons (Fsp3) is 0.417. The molecule has 1 aromatic rings. The van der Waals surface area contributed by atoms with E-state index in [2.05, 4.69) is 11.8 Å². The van der Waals surface area contributed by atoms with Gasteiger partial charge in [-0.3, -0.25) is 0 Å². The van der Waals surface area contributed by atoms with Gasteiger partial charge in [0, 0.05) is 0 Å². The van der Waals surface area contributed by atoms with Gasteiger partial charge in [0.1, 0.15) is 0 Å². The molecule has 82 valence electrons. The second-order valence-corrected chi connectivity index (χ2v) is 3.56. The van der Waals surface area contributed by atoms with E-state index >= 15 is 0 Å². The van der Waals surface area contributed by atoms with E-state index in [1.165, 1.54) is 12.8 Å². The zero-order valence-corrected chi connectivity index (χ0v) is 9.03. The first-order valence-electron chi connectivity index (χ1n) is 5.28. The molecule has 0 saturated carbocycles. The lowest BCUT2D eigenvalue weighted by atomic mass is 10.0. The van der Waals surface area contributed by atoms with Crippen LogP contribution in [0.4, 0.5) is 0 Å². The topological polar surface area (TPSA) is 52.3 Å². The van der Waals surface area contributed by atoms with E-state index in [1.54, 1.807) is 6.07 Å². The van der Waals surface area contributed by atoms with Gasteiger partial charge in [0.25, 0.3) is 0 Å². The molecule has 3 heteroatoms. The van der Waals surface area contributed by atoms with E-state index in [-0.39, 0.29) is 0 Å². The van der Waals surface area contributed by atoms with E-state index in [1.807, 2.05) is 18.2 Å². The van der Waals surface area contributed by atoms with Crippen LogP contribution < -0.4 is 5.90 Å². The summed E-state index contributed by atoms with van der Waals surface area (Å²) in [6.07, 6.45) is 4.56. The van der Waals surface area contributed by atoms with Gasteiger partial charge in [-0.25, -0.2) is 4.79 Å². The van der Waals surface area contributed by atoms with Crippen LogP contribution in [0.5, 0.6) is 0 Å². The SMILES string of the molecule is CCCCCc1cccc(C(=O)ON)c1. The van der Waals surface area contributed by atoms with Crippen LogP contribution in [0.2, 0.25) is 0 Å². The average Bonchev–Trinajstić information content (AvgIpc) is 2.29. The molecule has 0 fully saturated rings. The van der Waals surface area contributed by atoms with E-state index < -0.39 is 5.97 Å². The number of nitrogens with two attached hydrogens (primary N) is 1. The Bertz CT molecular complexity index is 323. The van der Waals surface area contributed by atoms with Crippen LogP contribution in [0.1, 0.15) is 42.1 Å². The molecule has 0 atom stereocenters. The zero-order valence-electron chi connectivity index (χ0n) is 9.03. The third kappa shape index (κ3) is 3.72. The van der Waals surface area contributed by atoms with E-state index in [9.17, 15) is 4.79 Å². The highest BCUT2D eigenvalue weighted by Crippen LogP contribution is 2.10. The Morgan fingerprint density at radius 1 is 1.40 bits per heavy atom. The Labute approximate surface area is 90.2 Å². The zero-order chi connectivity index (χ0) is 11.1. The molecule has 0 aromatic heterocycles. The fourth-order valence-corrected chi connectivity index (χ4v) is 1.50. The number of carbonyl (C=O) groups is 1. The van der Waals surface area contributed by atoms with E-state index in [4.69, 9.17) is 5.90 Å². The van der Waals surface area contributed by atoms with Gasteiger partial charge in [0.2, 0.25) is 0 Å². The third-order valence-corrected chi connectivity index (χ3v) is 2.34. The molecule has 0 amide bonds. The third-order valence-electron chi connectivity index (χ3n) is 2.34. The van der Waals surface area contributed by atoms with Crippen molar-refractivity contribution in [2.75, 3.05) is 0 Å². The average molecular weight is 207 g/mol. The molecular weight excluding hydrogens is 190 g/mol. The number of hydrogen-bond donors (Lipinski definition) is 1. The Balaban J connectivity index is 2.62. The van der Waals surface area contributed by atoms with Gasteiger partial charge in [-0.15, -0.1) is 0 Å². The molecule has 0 aliphatic carbocycles. The summed E-state index contributed by atoms with van der Waals surface area (Å²) in [5.74, 6) is 4.35. The van der Waals surface area contributed by atoms with Crippen molar-refractivity contribution in [3.8, 4) is 0 Å². The molecule has 0 radical (unpaired) electrons. The predicted molar refractivity (Wildman–Crippen MR) is 59.3 cm³/mol. The minimum atomic E-state index is -0.479. The number of unbranched alkanes of at least 4 members (excludes halogenated alkanes) is 2. The maximum absolute atomic E-state index is 11.1. The van der Waals surface area contributed by atoms with Crippen LogP contribution in [-0.4, -0.2) is 5.97 Å². The summed E-state index contributed by atoms with van der Waals surface area (Å²) >= 11 is 0. The molecule has 0 spiro atoms. The minimum absolute atomic E-state index is 0.479. The molecule has 1 rings (SSSR count). The fourth-order valence-electron chi connectivity index (χ4n) is 1.50. The second-order valence-electron chi connectivity index (χ2n) is 3.56. The quantitative estimate of drug-likeness (QED) is 0.596. The standard InChI is InChI=1S/C12H17NO2/c1-2-3-4-6-10-7-5-8-11(9-10)12(14)15-13/h5,7-9H,2-4,6,13H2,1H3. The van der Waals surface area contributed by atoms with E-state index in [0.29, 0.717) is 5.56 Å². The number of carbonyl (C=O) groups excluding carboxylic acids is 1. The second kappa shape index (κ2) is 6.19. The first-order valence-corrected chi connectivity index (χ1v) is 5.28. The molecule has 0 unspecified atom stereocenters. The molecule has 0 heterocycles. The summed E-state index contributed by atoms with van der Waals surface area (Å²) in [5, 5.41) is 0. The van der Waals surface area contributed by atoms with Crippen LogP contribution in [0.15, 0.2) is 24.3 Å². The molecule has 0 aliphatic heterocycles. The van der Waals surface area contributed by atoms with Crippen LogP contribution in [0.25, 0.3) is 0 Å². The first-order chi connectivity index (χ1) is 7.27. The number of benzene rings is 1. The Hall–Kier alpha value is -1.35. The Kier molecular flexibility index (Phi) is 4.84. The van der Waals surface area contributed by atoms with Crippen molar-refractivity contribution in [1.29, 1.82) is 0 Å². The van der Waals surface area contributed by atoms with Crippen molar-refractivity contribution in [3.63, 3.8) is 0 Å². The molecule has 3 nitrogen and oxygen atoms in total. The first kappa shape index (κ1) is 11.7. The van der Waals surface area contributed by atoms with Gasteiger partial charge in [-0.05, 0) is 30.5 Å². The summed E-state index contributed by atoms with van der Waals surface area (Å²) in [6, 6.07) is 7.42. The van der Waals surface area contributed by atoms with Crippen molar-refractivity contribution in [2.45, 2.75) is 32.6 Å². The smallest absolute Gasteiger partial charge is 0.356 e. The molecule has 15 heavy (non-hydrogen) atoms.